The molecule has 8 nitrogen and oxygen atoms in total. The lowest BCUT2D eigenvalue weighted by Gasteiger charge is -2.33. The summed E-state index contributed by atoms with van der Waals surface area (Å²) in [5, 5.41) is 8.98. The van der Waals surface area contributed by atoms with Crippen molar-refractivity contribution in [1.29, 1.82) is 0 Å². The lowest BCUT2D eigenvalue weighted by Crippen LogP contribution is -2.52. The first-order chi connectivity index (χ1) is 11.4. The third kappa shape index (κ3) is 2.88. The van der Waals surface area contributed by atoms with E-state index in [0.29, 0.717) is 11.4 Å². The van der Waals surface area contributed by atoms with Gasteiger partial charge in [-0.05, 0) is 24.6 Å². The molecular formula is C15H16N4O4S. The fourth-order valence-corrected chi connectivity index (χ4v) is 4.36. The molecule has 9 heteroatoms. The molecular weight excluding hydrogens is 332 g/mol. The molecule has 0 radical (unpaired) electrons. The molecule has 0 saturated carbocycles. The molecule has 0 spiro atoms. The Bertz CT molecular complexity index is 885. The summed E-state index contributed by atoms with van der Waals surface area (Å²) >= 11 is 0. The van der Waals surface area contributed by atoms with E-state index in [2.05, 4.69) is 9.97 Å². The summed E-state index contributed by atoms with van der Waals surface area (Å²) in [4.78, 5) is 20.4. The minimum absolute atomic E-state index is 0.0423. The van der Waals surface area contributed by atoms with Gasteiger partial charge in [0, 0.05) is 18.8 Å². The summed E-state index contributed by atoms with van der Waals surface area (Å²) in [6.45, 7) is 1.70. The number of sulfonamides is 1. The van der Waals surface area contributed by atoms with Gasteiger partial charge >= 0.3 is 0 Å². The molecule has 0 saturated heterocycles. The van der Waals surface area contributed by atoms with E-state index in [4.69, 9.17) is 5.21 Å². The standard InChI is InChI=1S/C15H16N4O4S/c1-10-3-2-4-11(7-10)24(22,23)19-9-13-12(16-5-6-17-13)8-14(19)15(20)18-21/h2-7,14,21H,8-9H2,1H3,(H,18,20)/t14-/m1/s1. The predicted octanol–water partition coefficient (Wildman–Crippen LogP) is 0.406. The number of nitrogens with zero attached hydrogens (tertiary/aromatic N) is 3. The second-order valence-electron chi connectivity index (χ2n) is 5.51. The number of nitrogens with one attached hydrogen (secondary N) is 1. The van der Waals surface area contributed by atoms with Crippen LogP contribution >= 0.6 is 0 Å². The number of carbonyl (C=O) groups excluding carboxylic acids is 1. The summed E-state index contributed by atoms with van der Waals surface area (Å²) in [5.41, 5.74) is 3.36. The summed E-state index contributed by atoms with van der Waals surface area (Å²) in [5.74, 6) is -0.803. The minimum atomic E-state index is -3.94. The first kappa shape index (κ1) is 16.5. The van der Waals surface area contributed by atoms with Crippen LogP contribution in [-0.2, 0) is 27.8 Å². The largest absolute Gasteiger partial charge is 0.289 e. The van der Waals surface area contributed by atoms with Gasteiger partial charge in [-0.15, -0.1) is 0 Å². The van der Waals surface area contributed by atoms with Gasteiger partial charge in [-0.3, -0.25) is 20.0 Å². The van der Waals surface area contributed by atoms with Crippen molar-refractivity contribution in [3.8, 4) is 0 Å². The van der Waals surface area contributed by atoms with Gasteiger partial charge in [-0.1, -0.05) is 12.1 Å². The number of fused-ring (bicyclic) bond motifs is 1. The highest BCUT2D eigenvalue weighted by atomic mass is 32.2. The van der Waals surface area contributed by atoms with Crippen molar-refractivity contribution in [2.75, 3.05) is 0 Å². The van der Waals surface area contributed by atoms with Crippen molar-refractivity contribution in [2.45, 2.75) is 30.8 Å². The van der Waals surface area contributed by atoms with E-state index in [1.807, 2.05) is 0 Å². The normalized spacial score (nSPS) is 18.0. The Hall–Kier alpha value is -2.36. The average Bonchev–Trinajstić information content (AvgIpc) is 2.60. The molecule has 0 unspecified atom stereocenters. The third-order valence-electron chi connectivity index (χ3n) is 3.91. The van der Waals surface area contributed by atoms with Gasteiger partial charge in [0.25, 0.3) is 5.91 Å². The molecule has 24 heavy (non-hydrogen) atoms. The molecule has 1 atom stereocenters. The number of rotatable bonds is 3. The molecule has 2 aromatic rings. The average molecular weight is 348 g/mol. The maximum absolute atomic E-state index is 13.0. The second-order valence-corrected chi connectivity index (χ2v) is 7.40. The van der Waals surface area contributed by atoms with Crippen molar-refractivity contribution in [3.05, 3.63) is 53.6 Å². The van der Waals surface area contributed by atoms with Crippen LogP contribution in [0.25, 0.3) is 0 Å². The van der Waals surface area contributed by atoms with Gasteiger partial charge in [-0.2, -0.15) is 4.31 Å². The van der Waals surface area contributed by atoms with Crippen LogP contribution in [0.5, 0.6) is 0 Å². The van der Waals surface area contributed by atoms with Gasteiger partial charge in [-0.25, -0.2) is 13.9 Å². The second kappa shape index (κ2) is 6.27. The van der Waals surface area contributed by atoms with Gasteiger partial charge < -0.3 is 0 Å². The third-order valence-corrected chi connectivity index (χ3v) is 5.76. The van der Waals surface area contributed by atoms with E-state index in [0.717, 1.165) is 9.87 Å². The number of hydrogen-bond acceptors (Lipinski definition) is 6. The summed E-state index contributed by atoms with van der Waals surface area (Å²) < 4.78 is 27.0. The predicted molar refractivity (Wildman–Crippen MR) is 83.4 cm³/mol. The van der Waals surface area contributed by atoms with E-state index >= 15 is 0 Å². The molecule has 1 aliphatic rings. The Morgan fingerprint density at radius 1 is 1.29 bits per heavy atom. The molecule has 1 amide bonds. The topological polar surface area (TPSA) is 112 Å². The van der Waals surface area contributed by atoms with E-state index in [1.54, 1.807) is 19.1 Å². The van der Waals surface area contributed by atoms with Gasteiger partial charge in [0.15, 0.2) is 0 Å². The van der Waals surface area contributed by atoms with Crippen molar-refractivity contribution in [3.63, 3.8) is 0 Å². The van der Waals surface area contributed by atoms with Gasteiger partial charge in [0.2, 0.25) is 10.0 Å². The van der Waals surface area contributed by atoms with E-state index in [1.165, 1.54) is 30.0 Å². The Morgan fingerprint density at radius 2 is 2.00 bits per heavy atom. The number of hydroxylamine groups is 1. The number of amides is 1. The Morgan fingerprint density at radius 3 is 2.67 bits per heavy atom. The number of aryl methyl sites for hydroxylation is 1. The Labute approximate surface area is 139 Å². The lowest BCUT2D eigenvalue weighted by atomic mass is 10.0. The monoisotopic (exact) mass is 348 g/mol. The fourth-order valence-electron chi connectivity index (χ4n) is 2.70. The first-order valence-electron chi connectivity index (χ1n) is 7.24. The van der Waals surface area contributed by atoms with Crippen molar-refractivity contribution in [2.24, 2.45) is 0 Å². The number of benzene rings is 1. The molecule has 3 rings (SSSR count). The number of aromatic nitrogens is 2. The minimum Gasteiger partial charge on any atom is -0.289 e. The zero-order valence-electron chi connectivity index (χ0n) is 12.9. The molecule has 1 aromatic heterocycles. The SMILES string of the molecule is Cc1cccc(S(=O)(=O)N2Cc3nccnc3C[C@@H]2C(=O)NO)c1. The molecule has 0 fully saturated rings. The summed E-state index contributed by atoms with van der Waals surface area (Å²) in [7, 11) is -3.94. The van der Waals surface area contributed by atoms with Crippen molar-refractivity contribution in [1.82, 2.24) is 19.8 Å². The van der Waals surface area contributed by atoms with Crippen LogP contribution < -0.4 is 5.48 Å². The van der Waals surface area contributed by atoms with Crippen LogP contribution in [0, 0.1) is 6.92 Å². The van der Waals surface area contributed by atoms with Crippen LogP contribution in [0.2, 0.25) is 0 Å². The van der Waals surface area contributed by atoms with Gasteiger partial charge in [0.1, 0.15) is 6.04 Å². The maximum atomic E-state index is 13.0. The molecule has 1 aromatic carbocycles. The van der Waals surface area contributed by atoms with Crippen LogP contribution in [0.15, 0.2) is 41.6 Å². The molecule has 2 heterocycles. The lowest BCUT2D eigenvalue weighted by molar-refractivity contribution is -0.133. The zero-order valence-corrected chi connectivity index (χ0v) is 13.7. The molecule has 126 valence electrons. The first-order valence-corrected chi connectivity index (χ1v) is 8.68. The van der Waals surface area contributed by atoms with Crippen LogP contribution in [0.4, 0.5) is 0 Å². The molecule has 1 aliphatic heterocycles. The maximum Gasteiger partial charge on any atom is 0.262 e. The molecule has 0 aliphatic carbocycles. The number of carbonyl (C=O) groups is 1. The van der Waals surface area contributed by atoms with Crippen molar-refractivity contribution < 1.29 is 18.4 Å². The Balaban J connectivity index is 2.07. The van der Waals surface area contributed by atoms with Gasteiger partial charge in [0.05, 0.1) is 22.8 Å². The smallest absolute Gasteiger partial charge is 0.262 e. The van der Waals surface area contributed by atoms with E-state index < -0.39 is 22.0 Å². The van der Waals surface area contributed by atoms with Crippen LogP contribution in [0.1, 0.15) is 17.0 Å². The van der Waals surface area contributed by atoms with E-state index in [-0.39, 0.29) is 17.9 Å². The van der Waals surface area contributed by atoms with Crippen LogP contribution in [0.3, 0.4) is 0 Å². The Kier molecular flexibility index (Phi) is 4.31. The quantitative estimate of drug-likeness (QED) is 0.613. The summed E-state index contributed by atoms with van der Waals surface area (Å²) in [6.07, 6.45) is 3.00. The fraction of sp³-hybridized carbons (Fsp3) is 0.267. The van der Waals surface area contributed by atoms with Crippen LogP contribution in [-0.4, -0.2) is 39.8 Å². The molecule has 0 bridgehead atoms. The van der Waals surface area contributed by atoms with Crippen molar-refractivity contribution >= 4 is 15.9 Å². The highest BCUT2D eigenvalue weighted by Crippen LogP contribution is 2.27. The zero-order chi connectivity index (χ0) is 17.3. The number of hydrogen-bond donors (Lipinski definition) is 2. The summed E-state index contributed by atoms with van der Waals surface area (Å²) in [6, 6.07) is 5.34. The molecule has 2 N–H and O–H groups in total. The highest BCUT2D eigenvalue weighted by molar-refractivity contribution is 7.89. The van der Waals surface area contributed by atoms with E-state index in [9.17, 15) is 13.2 Å². The highest BCUT2D eigenvalue weighted by Gasteiger charge is 2.40.